The quantitative estimate of drug-likeness (QED) is 0.288. The van der Waals surface area contributed by atoms with Crippen LogP contribution < -0.4 is 29.6 Å². The molecule has 24 valence electrons. The fourth-order valence-corrected chi connectivity index (χ4v) is 0. The maximum absolute atomic E-state index is 0. The third-order valence-electron chi connectivity index (χ3n) is 0. The normalized spacial score (nSPS) is 0. The first-order chi connectivity index (χ1) is 0. The fraction of sp³-hybridized carbons (Fsp3) is 0. The Bertz CT molecular complexity index is 6.85. The van der Waals surface area contributed by atoms with E-state index in [4.69, 9.17) is 0 Å². The molecule has 0 saturated carbocycles. The van der Waals surface area contributed by atoms with Crippen molar-refractivity contribution in [3.05, 3.63) is 0 Å². The van der Waals surface area contributed by atoms with Gasteiger partial charge >= 0.3 is 46.9 Å². The fourth-order valence-electron chi connectivity index (χ4n) is 0. The third-order valence-corrected chi connectivity index (χ3v) is 0. The topological polar surface area (TPSA) is 91.5 Å². The molecule has 0 bridgehead atoms. The van der Waals surface area contributed by atoms with Gasteiger partial charge in [-0.15, -0.1) is 0 Å². The van der Waals surface area contributed by atoms with Crippen LogP contribution in [0.25, 0.3) is 0 Å². The molecule has 0 aromatic carbocycles. The van der Waals surface area contributed by atoms with Crippen LogP contribution in [0.3, 0.4) is 0 Å². The summed E-state index contributed by atoms with van der Waals surface area (Å²) in [6.07, 6.45) is 0. The van der Waals surface area contributed by atoms with Crippen molar-refractivity contribution in [2.24, 2.45) is 0 Å². The summed E-state index contributed by atoms with van der Waals surface area (Å²) in [7, 11) is 0. The molecule has 5 heavy (non-hydrogen) atoms. The molecule has 0 aliphatic heterocycles. The molecule has 0 aromatic rings. The van der Waals surface area contributed by atoms with E-state index in [1.165, 1.54) is 0 Å². The van der Waals surface area contributed by atoms with Crippen LogP contribution >= 0.6 is 0 Å². The Kier molecular flexibility index (Phi) is 995. The van der Waals surface area contributed by atoms with Crippen molar-refractivity contribution < 1.29 is 46.0 Å². The van der Waals surface area contributed by atoms with Crippen LogP contribution in [0.2, 0.25) is 0 Å². The standard InChI is InChI=1S/Al.Na.3H2O/h;;3*1H2/q+3;+1;;;/p-2. The Hall–Kier alpha value is 1.41. The zero-order chi connectivity index (χ0) is 0. The summed E-state index contributed by atoms with van der Waals surface area (Å²) in [4.78, 5) is 0. The largest absolute Gasteiger partial charge is 3.00 e. The van der Waals surface area contributed by atoms with E-state index in [0.29, 0.717) is 0 Å². The first kappa shape index (κ1) is 94.2. The van der Waals surface area contributed by atoms with Crippen LogP contribution in [0.4, 0.5) is 0 Å². The summed E-state index contributed by atoms with van der Waals surface area (Å²) in [6.45, 7) is 0. The van der Waals surface area contributed by atoms with Crippen molar-refractivity contribution in [3.8, 4) is 0 Å². The summed E-state index contributed by atoms with van der Waals surface area (Å²) in [5.74, 6) is 0. The molecule has 0 saturated heterocycles. The van der Waals surface area contributed by atoms with Gasteiger partial charge in [0.25, 0.3) is 0 Å². The molecule has 0 aliphatic rings. The van der Waals surface area contributed by atoms with Gasteiger partial charge < -0.3 is 16.4 Å². The van der Waals surface area contributed by atoms with Gasteiger partial charge in [-0.3, -0.25) is 0 Å². The molecule has 0 heterocycles. The zero-order valence-electron chi connectivity index (χ0n) is 2.97. The van der Waals surface area contributed by atoms with Crippen LogP contribution in [0.15, 0.2) is 0 Å². The molecule has 0 aromatic heterocycles. The molecule has 0 atom stereocenters. The van der Waals surface area contributed by atoms with Gasteiger partial charge in [0.05, 0.1) is 0 Å². The smallest absolute Gasteiger partial charge is 0.870 e. The van der Waals surface area contributed by atoms with Crippen LogP contribution in [-0.2, 0) is 0 Å². The maximum Gasteiger partial charge on any atom is 3.00 e. The Morgan fingerprint density at radius 3 is 0.800 bits per heavy atom. The van der Waals surface area contributed by atoms with Crippen molar-refractivity contribution in [2.75, 3.05) is 0 Å². The van der Waals surface area contributed by atoms with E-state index >= 15 is 0 Å². The molecule has 4 N–H and O–H groups in total. The van der Waals surface area contributed by atoms with Crippen molar-refractivity contribution in [1.29, 1.82) is 0 Å². The Morgan fingerprint density at radius 1 is 0.800 bits per heavy atom. The van der Waals surface area contributed by atoms with Gasteiger partial charge in [-0.05, 0) is 0 Å². The number of hydrogen-bond acceptors (Lipinski definition) is 2. The average Bonchev–Trinajstić information content (AvgIpc) is 0. The molecule has 5 heteroatoms. The second-order valence-corrected chi connectivity index (χ2v) is 0. The van der Waals surface area contributed by atoms with E-state index in [9.17, 15) is 0 Å². The Morgan fingerprint density at radius 2 is 0.800 bits per heavy atom. The SMILES string of the molecule is O.[Al+3].[Na+].[OH-].[OH-]. The Balaban J connectivity index is 0. The monoisotopic (exact) mass is 102 g/mol. The van der Waals surface area contributed by atoms with Crippen molar-refractivity contribution in [1.82, 2.24) is 0 Å². The van der Waals surface area contributed by atoms with Gasteiger partial charge in [-0.1, -0.05) is 0 Å². The van der Waals surface area contributed by atoms with Gasteiger partial charge in [0.2, 0.25) is 0 Å². The van der Waals surface area contributed by atoms with Crippen molar-refractivity contribution in [3.63, 3.8) is 0 Å². The summed E-state index contributed by atoms with van der Waals surface area (Å²) in [5, 5.41) is 0. The van der Waals surface area contributed by atoms with E-state index in [1.807, 2.05) is 0 Å². The van der Waals surface area contributed by atoms with Crippen LogP contribution in [0, 0.1) is 0 Å². The molecule has 0 spiro atoms. The first-order valence-corrected chi connectivity index (χ1v) is 0. The van der Waals surface area contributed by atoms with E-state index in [2.05, 4.69) is 0 Å². The minimum Gasteiger partial charge on any atom is -0.870 e. The molecule has 3 nitrogen and oxygen atoms in total. The molecular weight excluding hydrogens is 98.0 g/mol. The van der Waals surface area contributed by atoms with Gasteiger partial charge in [0.1, 0.15) is 0 Å². The van der Waals surface area contributed by atoms with Gasteiger partial charge in [-0.25, -0.2) is 0 Å². The van der Waals surface area contributed by atoms with Crippen molar-refractivity contribution in [2.45, 2.75) is 0 Å². The summed E-state index contributed by atoms with van der Waals surface area (Å²) in [6, 6.07) is 0. The number of hydrogen-bond donors (Lipinski definition) is 0. The summed E-state index contributed by atoms with van der Waals surface area (Å²) >= 11 is 0. The second-order valence-electron chi connectivity index (χ2n) is 0. The van der Waals surface area contributed by atoms with Crippen LogP contribution in [-0.4, -0.2) is 33.8 Å². The van der Waals surface area contributed by atoms with E-state index < -0.39 is 0 Å². The molecule has 0 fully saturated rings. The first-order valence-electron chi connectivity index (χ1n) is 0. The van der Waals surface area contributed by atoms with Crippen molar-refractivity contribution >= 4 is 17.4 Å². The minimum absolute atomic E-state index is 0. The predicted octanol–water partition coefficient (Wildman–Crippen LogP) is -4.56. The molecule has 0 rings (SSSR count). The number of rotatable bonds is 0. The second kappa shape index (κ2) is 52.8. The zero-order valence-corrected chi connectivity index (χ0v) is 6.13. The van der Waals surface area contributed by atoms with E-state index in [1.54, 1.807) is 0 Å². The summed E-state index contributed by atoms with van der Waals surface area (Å²) in [5.41, 5.74) is 0. The maximum atomic E-state index is 0. The van der Waals surface area contributed by atoms with Gasteiger partial charge in [0.15, 0.2) is 0 Å². The molecular formula is H4AlNaO3+2. The molecule has 0 radical (unpaired) electrons. The van der Waals surface area contributed by atoms with Crippen LogP contribution in [0.5, 0.6) is 0 Å². The van der Waals surface area contributed by atoms with Gasteiger partial charge in [-0.2, -0.15) is 0 Å². The molecule has 0 aliphatic carbocycles. The summed E-state index contributed by atoms with van der Waals surface area (Å²) < 4.78 is 0. The molecule has 0 amide bonds. The van der Waals surface area contributed by atoms with E-state index in [-0.39, 0.29) is 63.3 Å². The average molecular weight is 102 g/mol. The Labute approximate surface area is 63.1 Å². The third kappa shape index (κ3) is 31.6. The predicted molar refractivity (Wildman–Crippen MR) is 13.2 cm³/mol. The van der Waals surface area contributed by atoms with Gasteiger partial charge in [0, 0.05) is 0 Å². The minimum atomic E-state index is 0. The van der Waals surface area contributed by atoms with Crippen LogP contribution in [0.1, 0.15) is 0 Å². The van der Waals surface area contributed by atoms with E-state index in [0.717, 1.165) is 0 Å². The molecule has 0 unspecified atom stereocenters.